The highest BCUT2D eigenvalue weighted by molar-refractivity contribution is 5.99. The Hall–Kier alpha value is -2.76. The number of nitrogen functional groups attached to an aromatic ring is 1. The third-order valence-corrected chi connectivity index (χ3v) is 3.87. The van der Waals surface area contributed by atoms with E-state index in [0.717, 1.165) is 11.3 Å². The number of benzene rings is 1. The molecule has 6 heteroatoms. The number of aryl methyl sites for hydroxylation is 1. The molecule has 24 heavy (non-hydrogen) atoms. The molecule has 1 aromatic heterocycles. The molecule has 1 aromatic carbocycles. The van der Waals surface area contributed by atoms with Crippen LogP contribution in [0.25, 0.3) is 0 Å². The van der Waals surface area contributed by atoms with Gasteiger partial charge >= 0.3 is 0 Å². The molecule has 0 fully saturated rings. The SMILES string of the molecule is CCC1Oc2ccc(N)nc2N(CCOc2cccc(C)c2)C1=O. The van der Waals surface area contributed by atoms with E-state index >= 15 is 0 Å². The minimum atomic E-state index is -0.498. The van der Waals surface area contributed by atoms with Crippen molar-refractivity contribution in [1.82, 2.24) is 4.98 Å². The lowest BCUT2D eigenvalue weighted by Crippen LogP contribution is -2.47. The quantitative estimate of drug-likeness (QED) is 0.913. The van der Waals surface area contributed by atoms with Crippen molar-refractivity contribution in [1.29, 1.82) is 0 Å². The van der Waals surface area contributed by atoms with E-state index in [1.54, 1.807) is 17.0 Å². The van der Waals surface area contributed by atoms with Crippen molar-refractivity contribution in [2.24, 2.45) is 0 Å². The molecule has 1 atom stereocenters. The molecule has 2 aromatic rings. The summed E-state index contributed by atoms with van der Waals surface area (Å²) in [6.07, 6.45) is 0.0969. The summed E-state index contributed by atoms with van der Waals surface area (Å²) >= 11 is 0. The Balaban J connectivity index is 1.75. The van der Waals surface area contributed by atoms with Crippen LogP contribution in [-0.2, 0) is 4.79 Å². The van der Waals surface area contributed by atoms with Gasteiger partial charge in [0, 0.05) is 0 Å². The Labute approximate surface area is 141 Å². The number of aromatic nitrogens is 1. The van der Waals surface area contributed by atoms with Gasteiger partial charge < -0.3 is 15.2 Å². The third-order valence-electron chi connectivity index (χ3n) is 3.87. The van der Waals surface area contributed by atoms with Gasteiger partial charge in [-0.2, -0.15) is 0 Å². The van der Waals surface area contributed by atoms with Gasteiger partial charge in [-0.15, -0.1) is 0 Å². The van der Waals surface area contributed by atoms with Crippen molar-refractivity contribution in [2.45, 2.75) is 26.4 Å². The van der Waals surface area contributed by atoms with Crippen LogP contribution in [0.15, 0.2) is 36.4 Å². The molecule has 0 radical (unpaired) electrons. The number of fused-ring (bicyclic) bond motifs is 1. The largest absolute Gasteiger partial charge is 0.492 e. The summed E-state index contributed by atoms with van der Waals surface area (Å²) in [5, 5.41) is 0. The number of carbonyl (C=O) groups is 1. The maximum absolute atomic E-state index is 12.6. The van der Waals surface area contributed by atoms with Gasteiger partial charge in [0.15, 0.2) is 17.7 Å². The Morgan fingerprint density at radius 1 is 1.33 bits per heavy atom. The highest BCUT2D eigenvalue weighted by Gasteiger charge is 2.34. The lowest BCUT2D eigenvalue weighted by molar-refractivity contribution is -0.126. The summed E-state index contributed by atoms with van der Waals surface area (Å²) in [4.78, 5) is 18.4. The average molecular weight is 327 g/mol. The van der Waals surface area contributed by atoms with Gasteiger partial charge in [-0.25, -0.2) is 4.98 Å². The molecule has 1 amide bonds. The van der Waals surface area contributed by atoms with Crippen molar-refractivity contribution in [3.63, 3.8) is 0 Å². The molecule has 0 spiro atoms. The zero-order valence-electron chi connectivity index (χ0n) is 13.9. The maximum atomic E-state index is 12.6. The molecule has 2 N–H and O–H groups in total. The van der Waals surface area contributed by atoms with Gasteiger partial charge in [0.25, 0.3) is 5.91 Å². The minimum absolute atomic E-state index is 0.115. The van der Waals surface area contributed by atoms with Crippen LogP contribution in [0, 0.1) is 6.92 Å². The third kappa shape index (κ3) is 3.27. The van der Waals surface area contributed by atoms with Gasteiger partial charge in [-0.05, 0) is 43.2 Å². The van der Waals surface area contributed by atoms with Gasteiger partial charge in [0.05, 0.1) is 6.54 Å². The van der Waals surface area contributed by atoms with Crippen LogP contribution < -0.4 is 20.1 Å². The summed E-state index contributed by atoms with van der Waals surface area (Å²) in [5.74, 6) is 2.05. The van der Waals surface area contributed by atoms with Crippen LogP contribution >= 0.6 is 0 Å². The Morgan fingerprint density at radius 3 is 2.92 bits per heavy atom. The van der Waals surface area contributed by atoms with Gasteiger partial charge in [-0.1, -0.05) is 19.1 Å². The standard InChI is InChI=1S/C18H21N3O3/c1-3-14-18(22)21(17-15(24-14)7-8-16(19)20-17)9-10-23-13-6-4-5-12(2)11-13/h4-8,11,14H,3,9-10H2,1-2H3,(H2,19,20). The highest BCUT2D eigenvalue weighted by Crippen LogP contribution is 2.33. The van der Waals surface area contributed by atoms with Crippen molar-refractivity contribution in [3.8, 4) is 11.5 Å². The van der Waals surface area contributed by atoms with Crippen LogP contribution in [0.2, 0.25) is 0 Å². The number of hydrogen-bond donors (Lipinski definition) is 1. The maximum Gasteiger partial charge on any atom is 0.269 e. The van der Waals surface area contributed by atoms with Crippen LogP contribution in [0.1, 0.15) is 18.9 Å². The Kier molecular flexibility index (Phi) is 4.55. The topological polar surface area (TPSA) is 77.7 Å². The number of ether oxygens (including phenoxy) is 2. The molecule has 2 heterocycles. The van der Waals surface area contributed by atoms with E-state index in [2.05, 4.69) is 4.98 Å². The highest BCUT2D eigenvalue weighted by atomic mass is 16.5. The van der Waals surface area contributed by atoms with Crippen LogP contribution in [0.5, 0.6) is 11.5 Å². The van der Waals surface area contributed by atoms with Crippen molar-refractivity contribution >= 4 is 17.5 Å². The first kappa shape index (κ1) is 16.1. The van der Waals surface area contributed by atoms with Crippen molar-refractivity contribution in [3.05, 3.63) is 42.0 Å². The Morgan fingerprint density at radius 2 is 2.17 bits per heavy atom. The molecule has 0 aliphatic carbocycles. The minimum Gasteiger partial charge on any atom is -0.492 e. The molecule has 6 nitrogen and oxygen atoms in total. The molecule has 0 saturated heterocycles. The molecule has 1 aliphatic heterocycles. The number of amides is 1. The van der Waals surface area contributed by atoms with Crippen LogP contribution in [0.4, 0.5) is 11.6 Å². The van der Waals surface area contributed by atoms with Gasteiger partial charge in [0.2, 0.25) is 0 Å². The van der Waals surface area contributed by atoms with E-state index in [1.165, 1.54) is 0 Å². The lowest BCUT2D eigenvalue weighted by atomic mass is 10.2. The lowest BCUT2D eigenvalue weighted by Gasteiger charge is -2.33. The average Bonchev–Trinajstić information content (AvgIpc) is 2.57. The summed E-state index contributed by atoms with van der Waals surface area (Å²) < 4.78 is 11.5. The van der Waals surface area contributed by atoms with Crippen molar-refractivity contribution < 1.29 is 14.3 Å². The molecular formula is C18H21N3O3. The second-order valence-electron chi connectivity index (χ2n) is 5.73. The molecule has 1 unspecified atom stereocenters. The number of pyridine rings is 1. The van der Waals surface area contributed by atoms with Crippen LogP contribution in [-0.4, -0.2) is 30.1 Å². The predicted octanol–water partition coefficient (Wildman–Crippen LogP) is 2.56. The van der Waals surface area contributed by atoms with Crippen LogP contribution in [0.3, 0.4) is 0 Å². The van der Waals surface area contributed by atoms with E-state index in [1.807, 2.05) is 38.1 Å². The first-order chi connectivity index (χ1) is 11.6. The fraction of sp³-hybridized carbons (Fsp3) is 0.333. The number of hydrogen-bond acceptors (Lipinski definition) is 5. The first-order valence-electron chi connectivity index (χ1n) is 8.02. The summed E-state index contributed by atoms with van der Waals surface area (Å²) in [6.45, 7) is 4.67. The zero-order chi connectivity index (χ0) is 17.1. The molecule has 3 rings (SSSR count). The molecule has 0 saturated carbocycles. The second kappa shape index (κ2) is 6.78. The molecule has 1 aliphatic rings. The monoisotopic (exact) mass is 327 g/mol. The van der Waals surface area contributed by atoms with Gasteiger partial charge in [0.1, 0.15) is 18.2 Å². The smallest absolute Gasteiger partial charge is 0.269 e. The molecule has 0 bridgehead atoms. The van der Waals surface area contributed by atoms with E-state index in [-0.39, 0.29) is 5.91 Å². The summed E-state index contributed by atoms with van der Waals surface area (Å²) in [5.41, 5.74) is 6.88. The zero-order valence-corrected chi connectivity index (χ0v) is 13.9. The van der Waals surface area contributed by atoms with Crippen molar-refractivity contribution in [2.75, 3.05) is 23.8 Å². The van der Waals surface area contributed by atoms with E-state index in [0.29, 0.717) is 37.0 Å². The van der Waals surface area contributed by atoms with E-state index < -0.39 is 6.10 Å². The molecular weight excluding hydrogens is 306 g/mol. The van der Waals surface area contributed by atoms with E-state index in [4.69, 9.17) is 15.2 Å². The predicted molar refractivity (Wildman–Crippen MR) is 92.4 cm³/mol. The number of carbonyl (C=O) groups excluding carboxylic acids is 1. The number of anilines is 2. The number of nitrogens with zero attached hydrogens (tertiary/aromatic N) is 2. The number of rotatable bonds is 5. The van der Waals surface area contributed by atoms with Gasteiger partial charge in [-0.3, -0.25) is 9.69 Å². The first-order valence-corrected chi connectivity index (χ1v) is 8.02. The fourth-order valence-electron chi connectivity index (χ4n) is 2.65. The fourth-order valence-corrected chi connectivity index (χ4v) is 2.65. The number of nitrogens with two attached hydrogens (primary N) is 1. The Bertz CT molecular complexity index is 748. The summed E-state index contributed by atoms with van der Waals surface area (Å²) in [7, 11) is 0. The summed E-state index contributed by atoms with van der Waals surface area (Å²) in [6, 6.07) is 11.2. The molecule has 126 valence electrons. The second-order valence-corrected chi connectivity index (χ2v) is 5.73. The normalized spacial score (nSPS) is 16.5. The van der Waals surface area contributed by atoms with E-state index in [9.17, 15) is 4.79 Å².